The maximum atomic E-state index is 12.7. The number of amides is 1. The van der Waals surface area contributed by atoms with Gasteiger partial charge in [0, 0.05) is 23.7 Å². The molecule has 5 rings (SSSR count). The van der Waals surface area contributed by atoms with Gasteiger partial charge in [-0.05, 0) is 74.4 Å². The molecular formula is C28H29N7O2. The third kappa shape index (κ3) is 5.11. The Kier molecular flexibility index (Phi) is 6.76. The molecular weight excluding hydrogens is 466 g/mol. The number of hydrogen-bond donors (Lipinski definition) is 2. The summed E-state index contributed by atoms with van der Waals surface area (Å²) in [5.74, 6) is 1.10. The van der Waals surface area contributed by atoms with Crippen LogP contribution in [0.4, 0.5) is 11.6 Å². The van der Waals surface area contributed by atoms with E-state index in [0.29, 0.717) is 46.3 Å². The number of anilines is 2. The molecule has 1 amide bonds. The first-order valence-electron chi connectivity index (χ1n) is 12.4. The molecule has 0 bridgehead atoms. The number of nitrogen functional groups attached to an aromatic ring is 1. The summed E-state index contributed by atoms with van der Waals surface area (Å²) in [7, 11) is 0. The molecule has 37 heavy (non-hydrogen) atoms. The molecule has 3 N–H and O–H groups in total. The summed E-state index contributed by atoms with van der Waals surface area (Å²) in [5, 5.41) is 8.47. The second kappa shape index (κ2) is 10.3. The SMILES string of the molecule is C=CC(=O)CC1CCC(n2nc(-c3ccc(C(=O)Nc4cc(C)ccn4)cc3)c3c(N)ncnc32)CC1. The molecule has 9 nitrogen and oxygen atoms in total. The van der Waals surface area contributed by atoms with E-state index in [2.05, 4.69) is 26.8 Å². The van der Waals surface area contributed by atoms with E-state index in [0.717, 1.165) is 36.8 Å². The van der Waals surface area contributed by atoms with Crippen LogP contribution >= 0.6 is 0 Å². The lowest BCUT2D eigenvalue weighted by molar-refractivity contribution is -0.115. The zero-order valence-corrected chi connectivity index (χ0v) is 20.7. The highest BCUT2D eigenvalue weighted by molar-refractivity contribution is 6.04. The van der Waals surface area contributed by atoms with Gasteiger partial charge in [0.2, 0.25) is 0 Å². The summed E-state index contributed by atoms with van der Waals surface area (Å²) in [5.41, 5.74) is 10.0. The Bertz CT molecular complexity index is 1470. The van der Waals surface area contributed by atoms with Crippen molar-refractivity contribution >= 4 is 34.4 Å². The topological polar surface area (TPSA) is 129 Å². The molecule has 0 spiro atoms. The first-order chi connectivity index (χ1) is 17.9. The predicted molar refractivity (Wildman–Crippen MR) is 143 cm³/mol. The molecule has 0 unspecified atom stereocenters. The van der Waals surface area contributed by atoms with Crippen LogP contribution in [0.1, 0.15) is 54.1 Å². The Balaban J connectivity index is 1.39. The number of nitrogens with two attached hydrogens (primary N) is 1. The Morgan fingerprint density at radius 2 is 1.86 bits per heavy atom. The Morgan fingerprint density at radius 3 is 2.57 bits per heavy atom. The van der Waals surface area contributed by atoms with Crippen LogP contribution < -0.4 is 11.1 Å². The molecule has 1 fully saturated rings. The van der Waals surface area contributed by atoms with Gasteiger partial charge in [0.15, 0.2) is 11.4 Å². The zero-order chi connectivity index (χ0) is 25.9. The van der Waals surface area contributed by atoms with Crippen LogP contribution in [0.25, 0.3) is 22.3 Å². The molecule has 0 aliphatic heterocycles. The van der Waals surface area contributed by atoms with E-state index >= 15 is 0 Å². The molecule has 3 aromatic heterocycles. The van der Waals surface area contributed by atoms with E-state index in [1.807, 2.05) is 35.9 Å². The van der Waals surface area contributed by atoms with Crippen LogP contribution in [0.5, 0.6) is 0 Å². The van der Waals surface area contributed by atoms with E-state index in [4.69, 9.17) is 10.8 Å². The molecule has 1 aliphatic rings. The van der Waals surface area contributed by atoms with Crippen LogP contribution in [0.3, 0.4) is 0 Å². The van der Waals surface area contributed by atoms with Crippen molar-refractivity contribution in [1.29, 1.82) is 0 Å². The number of rotatable bonds is 7. The van der Waals surface area contributed by atoms with Crippen molar-refractivity contribution in [2.45, 2.75) is 45.1 Å². The summed E-state index contributed by atoms with van der Waals surface area (Å²) >= 11 is 0. The third-order valence-electron chi connectivity index (χ3n) is 6.98. The lowest BCUT2D eigenvalue weighted by atomic mass is 9.83. The number of carbonyl (C=O) groups is 2. The molecule has 1 aliphatic carbocycles. The largest absolute Gasteiger partial charge is 0.383 e. The van der Waals surface area contributed by atoms with Crippen molar-refractivity contribution in [2.75, 3.05) is 11.1 Å². The quantitative estimate of drug-likeness (QED) is 0.349. The number of nitrogens with zero attached hydrogens (tertiary/aromatic N) is 5. The molecule has 4 aromatic rings. The first-order valence-corrected chi connectivity index (χ1v) is 12.4. The minimum Gasteiger partial charge on any atom is -0.383 e. The molecule has 1 saturated carbocycles. The average molecular weight is 496 g/mol. The minimum absolute atomic E-state index is 0.100. The second-order valence-electron chi connectivity index (χ2n) is 9.55. The fraction of sp³-hybridized carbons (Fsp3) is 0.286. The number of ketones is 1. The van der Waals surface area contributed by atoms with Gasteiger partial charge in [-0.25, -0.2) is 19.6 Å². The van der Waals surface area contributed by atoms with Gasteiger partial charge >= 0.3 is 0 Å². The highest BCUT2D eigenvalue weighted by Crippen LogP contribution is 2.38. The van der Waals surface area contributed by atoms with E-state index in [9.17, 15) is 9.59 Å². The number of benzene rings is 1. The average Bonchev–Trinajstić information content (AvgIpc) is 3.30. The van der Waals surface area contributed by atoms with Crippen molar-refractivity contribution < 1.29 is 9.59 Å². The number of hydrogen-bond acceptors (Lipinski definition) is 7. The van der Waals surface area contributed by atoms with Gasteiger partial charge in [0.25, 0.3) is 5.91 Å². The number of aryl methyl sites for hydroxylation is 1. The van der Waals surface area contributed by atoms with E-state index in [1.165, 1.54) is 12.4 Å². The number of aromatic nitrogens is 5. The molecule has 0 atom stereocenters. The van der Waals surface area contributed by atoms with Crippen molar-refractivity contribution in [2.24, 2.45) is 5.92 Å². The number of fused-ring (bicyclic) bond motifs is 1. The summed E-state index contributed by atoms with van der Waals surface area (Å²) in [4.78, 5) is 37.4. The van der Waals surface area contributed by atoms with Gasteiger partial charge in [-0.15, -0.1) is 0 Å². The Hall–Kier alpha value is -4.40. The predicted octanol–water partition coefficient (Wildman–Crippen LogP) is 4.91. The Morgan fingerprint density at radius 1 is 1.11 bits per heavy atom. The molecule has 1 aromatic carbocycles. The van der Waals surface area contributed by atoms with Gasteiger partial charge in [-0.2, -0.15) is 5.10 Å². The normalized spacial score (nSPS) is 17.4. The van der Waals surface area contributed by atoms with E-state index < -0.39 is 0 Å². The summed E-state index contributed by atoms with van der Waals surface area (Å²) < 4.78 is 1.96. The van der Waals surface area contributed by atoms with Crippen molar-refractivity contribution in [3.8, 4) is 11.3 Å². The van der Waals surface area contributed by atoms with Crippen LogP contribution in [0.15, 0.2) is 61.6 Å². The number of carbonyl (C=O) groups excluding carboxylic acids is 2. The monoisotopic (exact) mass is 495 g/mol. The van der Waals surface area contributed by atoms with Gasteiger partial charge in [-0.1, -0.05) is 18.7 Å². The van der Waals surface area contributed by atoms with Gasteiger partial charge in [0.05, 0.1) is 11.4 Å². The summed E-state index contributed by atoms with van der Waals surface area (Å²) in [6.07, 6.45) is 8.78. The molecule has 3 heterocycles. The lowest BCUT2D eigenvalue weighted by Gasteiger charge is -2.28. The number of allylic oxidation sites excluding steroid dienone is 1. The number of nitrogens with one attached hydrogen (secondary N) is 1. The fourth-order valence-corrected chi connectivity index (χ4v) is 4.99. The Labute approximate surface area is 214 Å². The molecule has 9 heteroatoms. The second-order valence-corrected chi connectivity index (χ2v) is 9.55. The fourth-order valence-electron chi connectivity index (χ4n) is 4.99. The van der Waals surface area contributed by atoms with Crippen molar-refractivity contribution in [3.63, 3.8) is 0 Å². The molecule has 0 saturated heterocycles. The maximum Gasteiger partial charge on any atom is 0.256 e. The molecule has 188 valence electrons. The van der Waals surface area contributed by atoms with E-state index in [1.54, 1.807) is 18.3 Å². The van der Waals surface area contributed by atoms with Crippen LogP contribution in [-0.2, 0) is 4.79 Å². The third-order valence-corrected chi connectivity index (χ3v) is 6.98. The molecule has 0 radical (unpaired) electrons. The van der Waals surface area contributed by atoms with Gasteiger partial charge in [0.1, 0.15) is 23.7 Å². The first kappa shape index (κ1) is 24.3. The zero-order valence-electron chi connectivity index (χ0n) is 20.7. The standard InChI is InChI=1S/C28H29N7O2/c1-3-22(36)15-18-4-10-21(11-5-18)35-27-24(26(29)31-16-32-27)25(34-35)19-6-8-20(9-7-19)28(37)33-23-14-17(2)12-13-30-23/h3,6-9,12-14,16,18,21H,1,4-5,10-11,15H2,2H3,(H2,29,31,32)(H,30,33,37). The van der Waals surface area contributed by atoms with Crippen LogP contribution in [0.2, 0.25) is 0 Å². The minimum atomic E-state index is -0.241. The van der Waals surface area contributed by atoms with Gasteiger partial charge < -0.3 is 11.1 Å². The smallest absolute Gasteiger partial charge is 0.256 e. The maximum absolute atomic E-state index is 12.7. The van der Waals surface area contributed by atoms with Crippen molar-refractivity contribution in [3.05, 3.63) is 72.7 Å². The van der Waals surface area contributed by atoms with Crippen molar-refractivity contribution in [1.82, 2.24) is 24.7 Å². The summed E-state index contributed by atoms with van der Waals surface area (Å²) in [6, 6.07) is 11.1. The number of pyridine rings is 1. The lowest BCUT2D eigenvalue weighted by Crippen LogP contribution is -2.20. The van der Waals surface area contributed by atoms with Crippen LogP contribution in [-0.4, -0.2) is 36.4 Å². The summed E-state index contributed by atoms with van der Waals surface area (Å²) in [6.45, 7) is 5.53. The van der Waals surface area contributed by atoms with Gasteiger partial charge in [-0.3, -0.25) is 9.59 Å². The highest BCUT2D eigenvalue weighted by atomic mass is 16.1. The van der Waals surface area contributed by atoms with Crippen LogP contribution in [0, 0.1) is 12.8 Å². The van der Waals surface area contributed by atoms with E-state index in [-0.39, 0.29) is 17.7 Å². The highest BCUT2D eigenvalue weighted by Gasteiger charge is 2.27.